The second-order valence-corrected chi connectivity index (χ2v) is 9.22. The molecule has 0 unspecified atom stereocenters. The van der Waals surface area contributed by atoms with Gasteiger partial charge in [-0.05, 0) is 17.7 Å². The fraction of sp³-hybridized carbons (Fsp3) is 0.591. The van der Waals surface area contributed by atoms with E-state index in [2.05, 4.69) is 40.9 Å². The molecule has 152 valence electrons. The minimum absolute atomic E-state index is 0.581. The fourth-order valence-corrected chi connectivity index (χ4v) is 5.55. The van der Waals surface area contributed by atoms with Crippen molar-refractivity contribution in [1.29, 1.82) is 0 Å². The fourth-order valence-electron chi connectivity index (χ4n) is 4.25. The van der Waals surface area contributed by atoms with Crippen LogP contribution in [-0.2, 0) is 25.9 Å². The van der Waals surface area contributed by atoms with Gasteiger partial charge in [0.1, 0.15) is 0 Å². The molecule has 0 amide bonds. The molecular weight excluding hydrogens is 537 g/mol. The van der Waals surface area contributed by atoms with Crippen molar-refractivity contribution < 1.29 is 19.4 Å². The summed E-state index contributed by atoms with van der Waals surface area (Å²) in [5.41, 5.74) is 6.47. The van der Waals surface area contributed by atoms with Crippen molar-refractivity contribution >= 4 is 11.6 Å². The van der Waals surface area contributed by atoms with Crippen LogP contribution in [0.15, 0.2) is 36.7 Å². The number of halogens is 1. The summed E-state index contributed by atoms with van der Waals surface area (Å²) in [4.78, 5) is 0. The van der Waals surface area contributed by atoms with E-state index in [1.54, 1.807) is 0 Å². The summed E-state index contributed by atoms with van der Waals surface area (Å²) in [6, 6.07) is 9.06. The molecule has 1 aromatic carbocycles. The zero-order chi connectivity index (χ0) is 19.1. The Hall–Kier alpha value is -0.632. The first kappa shape index (κ1) is 21.1. The van der Waals surface area contributed by atoms with Crippen LogP contribution in [0.5, 0.6) is 0 Å². The first-order chi connectivity index (χ1) is 13.2. The number of nitrogens with two attached hydrogens (primary N) is 1. The Kier molecular flexibility index (Phi) is 8.43. The van der Waals surface area contributed by atoms with Crippen LogP contribution in [0.2, 0.25) is 5.02 Å². The number of imidazole rings is 1. The molecule has 2 aliphatic carbocycles. The molecule has 3 nitrogen and oxygen atoms in total. The zero-order valence-electron chi connectivity index (χ0n) is 16.1. The predicted molar refractivity (Wildman–Crippen MR) is 109 cm³/mol. The quantitative estimate of drug-likeness (QED) is 0.472. The Morgan fingerprint density at radius 3 is 1.67 bits per heavy atom. The van der Waals surface area contributed by atoms with Crippen LogP contribution in [0.1, 0.15) is 81.9 Å². The molecule has 0 atom stereocenters. The van der Waals surface area contributed by atoms with Crippen molar-refractivity contribution in [3.8, 4) is 0 Å². The Morgan fingerprint density at radius 1 is 0.815 bits per heavy atom. The molecule has 2 aromatic rings. The maximum absolute atomic E-state index is 5.63. The number of aromatic nitrogens is 2. The monoisotopic (exact) mass is 568 g/mol. The molecule has 2 saturated carbocycles. The van der Waals surface area contributed by atoms with Crippen LogP contribution in [-0.4, -0.2) is 9.13 Å². The van der Waals surface area contributed by atoms with Gasteiger partial charge in [0.2, 0.25) is 0 Å². The number of hydrogen-bond donors (Lipinski definition) is 1. The normalized spacial score (nSPS) is 18.8. The van der Waals surface area contributed by atoms with Gasteiger partial charge in [0.25, 0.3) is 0 Å². The average Bonchev–Trinajstić information content (AvgIpc) is 3.12. The minimum atomic E-state index is 0.581. The summed E-state index contributed by atoms with van der Waals surface area (Å²) >= 11 is 8.18. The topological polar surface area (TPSA) is 35.9 Å². The summed E-state index contributed by atoms with van der Waals surface area (Å²) in [5, 5.41) is 0.757. The molecule has 0 bridgehead atoms. The zero-order valence-corrected chi connectivity index (χ0v) is 19.1. The van der Waals surface area contributed by atoms with E-state index in [9.17, 15) is 0 Å². The van der Waals surface area contributed by atoms with Crippen LogP contribution in [0, 0.1) is 3.80 Å². The maximum atomic E-state index is 5.63. The Labute approximate surface area is 179 Å². The van der Waals surface area contributed by atoms with E-state index in [0.29, 0.717) is 6.54 Å². The molecule has 2 aliphatic rings. The molecule has 27 heavy (non-hydrogen) atoms. The van der Waals surface area contributed by atoms with E-state index in [0.717, 1.165) is 22.7 Å². The average molecular weight is 569 g/mol. The summed E-state index contributed by atoms with van der Waals surface area (Å²) in [6.45, 7) is 0.581. The van der Waals surface area contributed by atoms with Crippen LogP contribution < -0.4 is 5.73 Å². The van der Waals surface area contributed by atoms with Crippen molar-refractivity contribution in [3.05, 3.63) is 51.0 Å². The third kappa shape index (κ3) is 5.92. The second-order valence-electron chi connectivity index (χ2n) is 7.77. The molecule has 0 saturated heterocycles. The molecule has 2 fully saturated rings. The van der Waals surface area contributed by atoms with E-state index >= 15 is 0 Å². The molecule has 1 heterocycles. The molecule has 4 rings (SSSR count). The molecule has 0 radical (unpaired) electrons. The molecule has 1 aromatic heterocycles. The third-order valence-electron chi connectivity index (χ3n) is 5.87. The van der Waals surface area contributed by atoms with E-state index in [4.69, 9.17) is 17.3 Å². The van der Waals surface area contributed by atoms with Crippen LogP contribution in [0.3, 0.4) is 0 Å². The SMILES string of the molecule is NCc1ccc(Cl)cc1.[Pt]=[c]1n(C2CCCCC2)ccn1C1CCCCC1. The van der Waals surface area contributed by atoms with Gasteiger partial charge in [-0.1, -0.05) is 23.7 Å². The van der Waals surface area contributed by atoms with Crippen molar-refractivity contribution in [1.82, 2.24) is 9.13 Å². The van der Waals surface area contributed by atoms with Crippen LogP contribution in [0.4, 0.5) is 0 Å². The second kappa shape index (κ2) is 10.8. The predicted octanol–water partition coefficient (Wildman–Crippen LogP) is 6.18. The van der Waals surface area contributed by atoms with Gasteiger partial charge in [-0.25, -0.2) is 0 Å². The standard InChI is InChI=1S/C15H24N2.C7H8ClN.Pt/c1-3-7-14(8-4-1)16-11-12-17(13-16)15-9-5-2-6-10-15;8-7-3-1-6(5-9)2-4-7;/h11-12,14-15H,1-10H2;1-4H,5,9H2;. The summed E-state index contributed by atoms with van der Waals surface area (Å²) in [6.07, 6.45) is 18.8. The number of benzene rings is 1. The number of nitrogens with zero attached hydrogens (tertiary/aromatic N) is 2. The Morgan fingerprint density at radius 2 is 1.26 bits per heavy atom. The Bertz CT molecular complexity index is 699. The van der Waals surface area contributed by atoms with Gasteiger partial charge in [-0.3, -0.25) is 0 Å². The van der Waals surface area contributed by atoms with Crippen LogP contribution in [0.25, 0.3) is 0 Å². The van der Waals surface area contributed by atoms with Crippen molar-refractivity contribution in [2.45, 2.75) is 82.8 Å². The van der Waals surface area contributed by atoms with Gasteiger partial charge in [0.05, 0.1) is 0 Å². The third-order valence-corrected chi connectivity index (χ3v) is 7.29. The van der Waals surface area contributed by atoms with Gasteiger partial charge in [-0.15, -0.1) is 0 Å². The van der Waals surface area contributed by atoms with Gasteiger partial charge >= 0.3 is 121 Å². The first-order valence-electron chi connectivity index (χ1n) is 10.4. The molecule has 5 heteroatoms. The van der Waals surface area contributed by atoms with E-state index in [1.165, 1.54) is 68.0 Å². The van der Waals surface area contributed by atoms with Gasteiger partial charge in [0, 0.05) is 11.6 Å². The summed E-state index contributed by atoms with van der Waals surface area (Å²) < 4.78 is 6.57. The van der Waals surface area contributed by atoms with E-state index < -0.39 is 0 Å². The molecular formula is C22H32ClN3Pt. The van der Waals surface area contributed by atoms with Crippen LogP contribution >= 0.6 is 11.6 Å². The van der Waals surface area contributed by atoms with Gasteiger partial charge < -0.3 is 5.73 Å². The van der Waals surface area contributed by atoms with Crippen molar-refractivity contribution in [2.24, 2.45) is 5.73 Å². The van der Waals surface area contributed by atoms with E-state index in [-0.39, 0.29) is 0 Å². The summed E-state index contributed by atoms with van der Waals surface area (Å²) in [7, 11) is 0. The molecule has 2 N–H and O–H groups in total. The first-order valence-corrected chi connectivity index (χ1v) is 11.9. The number of hydrogen-bond acceptors (Lipinski definition) is 1. The Balaban J connectivity index is 0.000000197. The van der Waals surface area contributed by atoms with Gasteiger partial charge in [-0.2, -0.15) is 0 Å². The van der Waals surface area contributed by atoms with E-state index in [1.807, 2.05) is 24.3 Å². The van der Waals surface area contributed by atoms with Gasteiger partial charge in [0.15, 0.2) is 0 Å². The van der Waals surface area contributed by atoms with Crippen molar-refractivity contribution in [3.63, 3.8) is 0 Å². The molecule has 0 spiro atoms. The number of rotatable bonds is 3. The summed E-state index contributed by atoms with van der Waals surface area (Å²) in [5.74, 6) is 0. The van der Waals surface area contributed by atoms with Crippen molar-refractivity contribution in [2.75, 3.05) is 0 Å². The molecule has 0 aliphatic heterocycles.